The maximum Gasteiger partial charge on any atom is 0.160 e. The Hall–Kier alpha value is -7.50. The molecular formula is C52H35N5. The van der Waals surface area contributed by atoms with Crippen molar-refractivity contribution < 1.29 is 0 Å². The van der Waals surface area contributed by atoms with Crippen molar-refractivity contribution >= 4 is 55.5 Å². The van der Waals surface area contributed by atoms with E-state index in [1.54, 1.807) is 0 Å². The number of anilines is 4. The first-order chi connectivity index (χ1) is 28.3. The molecule has 0 spiro atoms. The molecule has 2 aliphatic heterocycles. The van der Waals surface area contributed by atoms with Gasteiger partial charge in [0.2, 0.25) is 0 Å². The molecule has 268 valence electrons. The number of aromatic nitrogens is 3. The van der Waals surface area contributed by atoms with Crippen molar-refractivity contribution in [3.05, 3.63) is 211 Å². The van der Waals surface area contributed by atoms with Gasteiger partial charge in [0.25, 0.3) is 0 Å². The lowest BCUT2D eigenvalue weighted by Crippen LogP contribution is -2.40. The summed E-state index contributed by atoms with van der Waals surface area (Å²) in [7, 11) is 0. The van der Waals surface area contributed by atoms with Crippen LogP contribution in [0.5, 0.6) is 0 Å². The van der Waals surface area contributed by atoms with Gasteiger partial charge in [-0.2, -0.15) is 0 Å². The molecule has 5 heteroatoms. The average Bonchev–Trinajstić information content (AvgIpc) is 3.92. The fourth-order valence-corrected chi connectivity index (χ4v) is 9.58. The van der Waals surface area contributed by atoms with Gasteiger partial charge in [-0.1, -0.05) is 133 Å². The van der Waals surface area contributed by atoms with Crippen LogP contribution in [-0.4, -0.2) is 20.7 Å². The summed E-state index contributed by atoms with van der Waals surface area (Å²) in [6, 6.07) is 71.8. The molecule has 0 aliphatic carbocycles. The van der Waals surface area contributed by atoms with Gasteiger partial charge in [0.15, 0.2) is 5.82 Å². The van der Waals surface area contributed by atoms with Gasteiger partial charge in [-0.25, -0.2) is 9.97 Å². The van der Waals surface area contributed by atoms with Crippen LogP contribution in [0.1, 0.15) is 17.0 Å². The van der Waals surface area contributed by atoms with E-state index in [-0.39, 0.29) is 12.1 Å². The van der Waals surface area contributed by atoms with E-state index in [0.717, 1.165) is 39.1 Å². The van der Waals surface area contributed by atoms with E-state index in [0.29, 0.717) is 5.82 Å². The zero-order valence-corrected chi connectivity index (χ0v) is 30.9. The number of hydrogen-bond donors (Lipinski definition) is 0. The second-order valence-electron chi connectivity index (χ2n) is 14.9. The van der Waals surface area contributed by atoms with Gasteiger partial charge in [-0.15, -0.1) is 0 Å². The molecular weight excluding hydrogens is 695 g/mol. The molecule has 2 atom stereocenters. The molecule has 8 aromatic carbocycles. The van der Waals surface area contributed by atoms with Crippen molar-refractivity contribution in [1.29, 1.82) is 0 Å². The Kier molecular flexibility index (Phi) is 6.99. The Morgan fingerprint density at radius 3 is 1.88 bits per heavy atom. The van der Waals surface area contributed by atoms with Crippen LogP contribution in [0, 0.1) is 0 Å². The summed E-state index contributed by atoms with van der Waals surface area (Å²) in [6.07, 6.45) is -0.0584. The number of benzene rings is 8. The molecule has 0 radical (unpaired) electrons. The first-order valence-corrected chi connectivity index (χ1v) is 19.6. The summed E-state index contributed by atoms with van der Waals surface area (Å²) < 4.78 is 2.43. The first-order valence-electron chi connectivity index (χ1n) is 19.6. The molecule has 0 bridgehead atoms. The second kappa shape index (κ2) is 12.5. The van der Waals surface area contributed by atoms with E-state index in [1.165, 1.54) is 50.0 Å². The molecule has 2 aliphatic rings. The van der Waals surface area contributed by atoms with Gasteiger partial charge in [-0.05, 0) is 77.9 Å². The van der Waals surface area contributed by atoms with E-state index in [2.05, 4.69) is 208 Å². The van der Waals surface area contributed by atoms with Crippen molar-refractivity contribution in [2.75, 3.05) is 9.80 Å². The average molecular weight is 730 g/mol. The third-order valence-corrected chi connectivity index (χ3v) is 11.9. The molecule has 4 heterocycles. The van der Waals surface area contributed by atoms with Crippen LogP contribution >= 0.6 is 0 Å². The topological polar surface area (TPSA) is 37.2 Å². The van der Waals surface area contributed by atoms with Crippen LogP contribution in [0.25, 0.3) is 61.0 Å². The molecule has 0 fully saturated rings. The minimum absolute atomic E-state index is 0.0584. The largest absolute Gasteiger partial charge is 0.319 e. The Bertz CT molecular complexity index is 3160. The molecule has 2 aromatic heterocycles. The van der Waals surface area contributed by atoms with Crippen molar-refractivity contribution in [3.8, 4) is 28.3 Å². The van der Waals surface area contributed by atoms with Crippen molar-refractivity contribution in [3.63, 3.8) is 0 Å². The van der Waals surface area contributed by atoms with Crippen LogP contribution in [0.15, 0.2) is 200 Å². The van der Waals surface area contributed by atoms with E-state index in [9.17, 15) is 0 Å². The Labute approximate surface area is 330 Å². The maximum absolute atomic E-state index is 5.28. The SMILES string of the molecule is c1ccc(-c2nc(-c3cccc(N4c5ccc6c(c5C5c7ccccc7N(c7ccccc7)C54)c4ccccc4n6-c4ccccc4)c3)nc3ccccc23)cc1. The molecule has 2 unspecified atom stereocenters. The number of hydrogen-bond acceptors (Lipinski definition) is 4. The van der Waals surface area contributed by atoms with Gasteiger partial charge < -0.3 is 14.4 Å². The summed E-state index contributed by atoms with van der Waals surface area (Å²) in [4.78, 5) is 15.6. The summed E-state index contributed by atoms with van der Waals surface area (Å²) in [5.74, 6) is 0.779. The van der Waals surface area contributed by atoms with Crippen LogP contribution in [0.4, 0.5) is 22.7 Å². The maximum atomic E-state index is 5.28. The molecule has 0 saturated carbocycles. The monoisotopic (exact) mass is 729 g/mol. The van der Waals surface area contributed by atoms with Crippen molar-refractivity contribution in [1.82, 2.24) is 14.5 Å². The molecule has 5 nitrogen and oxygen atoms in total. The van der Waals surface area contributed by atoms with Gasteiger partial charge >= 0.3 is 0 Å². The van der Waals surface area contributed by atoms with Gasteiger partial charge in [0, 0.05) is 55.7 Å². The minimum atomic E-state index is -0.0584. The van der Waals surface area contributed by atoms with E-state index in [1.807, 2.05) is 6.07 Å². The van der Waals surface area contributed by atoms with Gasteiger partial charge in [0.05, 0.1) is 28.2 Å². The third kappa shape index (κ3) is 4.76. The van der Waals surface area contributed by atoms with Crippen molar-refractivity contribution in [2.45, 2.75) is 12.1 Å². The highest BCUT2D eigenvalue weighted by molar-refractivity contribution is 6.14. The van der Waals surface area contributed by atoms with Crippen molar-refractivity contribution in [2.24, 2.45) is 0 Å². The lowest BCUT2D eigenvalue weighted by atomic mass is 9.90. The van der Waals surface area contributed by atoms with E-state index >= 15 is 0 Å². The lowest BCUT2D eigenvalue weighted by molar-refractivity contribution is 0.671. The fraction of sp³-hybridized carbons (Fsp3) is 0.0385. The highest BCUT2D eigenvalue weighted by Gasteiger charge is 2.51. The quantitative estimate of drug-likeness (QED) is 0.177. The highest BCUT2D eigenvalue weighted by atomic mass is 15.4. The second-order valence-corrected chi connectivity index (χ2v) is 14.9. The fourth-order valence-electron chi connectivity index (χ4n) is 9.58. The molecule has 10 aromatic rings. The first kappa shape index (κ1) is 31.8. The predicted octanol–water partition coefficient (Wildman–Crippen LogP) is 12.8. The standard InChI is InChI=1S/C52H35N5/c1-4-17-34(18-5-1)50-39-25-10-13-28-42(39)53-51(54-50)35-19-16-24-38(33-35)57-46-32-31-45-47(40-26-11-14-29-43(40)55(45)36-20-6-2-7-21-36)49(46)48-41-27-12-15-30-44(41)56(52(48)57)37-22-8-3-9-23-37/h1-33,48,52H. The Balaban J connectivity index is 1.12. The van der Waals surface area contributed by atoms with Crippen LogP contribution < -0.4 is 9.80 Å². The number of para-hydroxylation sites is 5. The van der Waals surface area contributed by atoms with E-state index < -0.39 is 0 Å². The smallest absolute Gasteiger partial charge is 0.160 e. The number of rotatable bonds is 5. The summed E-state index contributed by atoms with van der Waals surface area (Å²) in [5.41, 5.74) is 14.9. The molecule has 0 saturated heterocycles. The summed E-state index contributed by atoms with van der Waals surface area (Å²) >= 11 is 0. The Morgan fingerprint density at radius 2 is 1.05 bits per heavy atom. The van der Waals surface area contributed by atoms with Crippen LogP contribution in [0.2, 0.25) is 0 Å². The highest BCUT2D eigenvalue weighted by Crippen LogP contribution is 2.60. The van der Waals surface area contributed by atoms with Crippen LogP contribution in [0.3, 0.4) is 0 Å². The van der Waals surface area contributed by atoms with Gasteiger partial charge in [-0.3, -0.25) is 0 Å². The van der Waals surface area contributed by atoms with E-state index in [4.69, 9.17) is 9.97 Å². The predicted molar refractivity (Wildman–Crippen MR) is 234 cm³/mol. The molecule has 0 N–H and O–H groups in total. The molecule has 12 rings (SSSR count). The zero-order valence-electron chi connectivity index (χ0n) is 30.9. The van der Waals surface area contributed by atoms with Gasteiger partial charge in [0.1, 0.15) is 6.17 Å². The van der Waals surface area contributed by atoms with Crippen LogP contribution in [-0.2, 0) is 0 Å². The summed E-state index contributed by atoms with van der Waals surface area (Å²) in [5, 5.41) is 3.60. The normalized spacial score (nSPS) is 15.6. The molecule has 57 heavy (non-hydrogen) atoms. The minimum Gasteiger partial charge on any atom is -0.319 e. The zero-order chi connectivity index (χ0) is 37.5. The lowest BCUT2D eigenvalue weighted by Gasteiger charge is -2.36. The number of fused-ring (bicyclic) bond motifs is 10. The summed E-state index contributed by atoms with van der Waals surface area (Å²) in [6.45, 7) is 0. The number of nitrogens with zero attached hydrogens (tertiary/aromatic N) is 5. The molecule has 0 amide bonds. The Morgan fingerprint density at radius 1 is 0.421 bits per heavy atom. The third-order valence-electron chi connectivity index (χ3n) is 11.9.